The van der Waals surface area contributed by atoms with E-state index in [1.165, 1.54) is 18.2 Å². The molecule has 2 heterocycles. The molecule has 1 aromatic carbocycles. The minimum Gasteiger partial charge on any atom is -0.363 e. The lowest BCUT2D eigenvalue weighted by Gasteiger charge is -2.37. The third kappa shape index (κ3) is 2.63. The molecule has 1 aromatic heterocycles. The van der Waals surface area contributed by atoms with Gasteiger partial charge in [-0.15, -0.1) is 0 Å². The van der Waals surface area contributed by atoms with E-state index in [9.17, 15) is 17.6 Å². The van der Waals surface area contributed by atoms with Crippen LogP contribution in [0.3, 0.4) is 0 Å². The molecule has 1 aliphatic heterocycles. The lowest BCUT2D eigenvalue weighted by Crippen LogP contribution is -2.51. The number of rotatable bonds is 1. The molecule has 0 bridgehead atoms. The van der Waals surface area contributed by atoms with Gasteiger partial charge >= 0.3 is 6.18 Å². The molecule has 9 heteroatoms. The Balaban J connectivity index is 2.23. The van der Waals surface area contributed by atoms with E-state index in [0.717, 1.165) is 10.7 Å². The predicted molar refractivity (Wildman–Crippen MR) is 81.2 cm³/mol. The van der Waals surface area contributed by atoms with Crippen LogP contribution in [0.5, 0.6) is 0 Å². The van der Waals surface area contributed by atoms with Crippen LogP contribution in [-0.2, 0) is 18.3 Å². The van der Waals surface area contributed by atoms with E-state index in [1.807, 2.05) is 0 Å². The maximum atomic E-state index is 14.3. The summed E-state index contributed by atoms with van der Waals surface area (Å²) in [6.45, 7) is 1.55. The molecule has 2 aromatic rings. The fraction of sp³-hybridized carbons (Fsp3) is 0.286. The van der Waals surface area contributed by atoms with Crippen molar-refractivity contribution in [3.8, 4) is 0 Å². The summed E-state index contributed by atoms with van der Waals surface area (Å²) in [5, 5.41) is 6.46. The molecule has 0 saturated carbocycles. The van der Waals surface area contributed by atoms with Gasteiger partial charge in [0, 0.05) is 5.56 Å². The fourth-order valence-electron chi connectivity index (χ4n) is 2.73. The first kappa shape index (κ1) is 16.0. The van der Waals surface area contributed by atoms with Crippen LogP contribution in [0, 0.1) is 5.82 Å². The van der Waals surface area contributed by atoms with Crippen molar-refractivity contribution in [2.75, 3.05) is 0 Å². The molecule has 2 radical (unpaired) electrons. The Kier molecular flexibility index (Phi) is 3.51. The molecular weight excluding hydrogens is 329 g/mol. The highest BCUT2D eigenvalue weighted by atomic mass is 32.1. The summed E-state index contributed by atoms with van der Waals surface area (Å²) in [4.78, 5) is 0.263. The quantitative estimate of drug-likeness (QED) is 0.490. The highest BCUT2D eigenvalue weighted by Gasteiger charge is 2.43. The molecule has 3 nitrogen and oxygen atoms in total. The molecule has 1 aliphatic rings. The molecule has 3 rings (SSSR count). The Bertz CT molecular complexity index is 802. The molecule has 0 aliphatic carbocycles. The van der Waals surface area contributed by atoms with Crippen molar-refractivity contribution in [3.63, 3.8) is 0 Å². The van der Waals surface area contributed by atoms with Gasteiger partial charge in [-0.05, 0) is 19.1 Å². The standard InChI is InChI=1S/C14H10BF4N3S/c1-13(8-4-7(15)2-3-9(8)16)11-5-10(14(17,18)19)21-22(11)6-12(23)20-13/h2-5H,6H2,1H3,(H,20,23). The second-order valence-corrected chi connectivity index (χ2v) is 5.98. The summed E-state index contributed by atoms with van der Waals surface area (Å²) in [7, 11) is 5.69. The summed E-state index contributed by atoms with van der Waals surface area (Å²) in [5.74, 6) is -0.597. The third-order valence-electron chi connectivity index (χ3n) is 3.79. The first-order valence-corrected chi connectivity index (χ1v) is 7.04. The minimum atomic E-state index is -4.60. The van der Waals surface area contributed by atoms with Crippen LogP contribution < -0.4 is 10.8 Å². The van der Waals surface area contributed by atoms with Crippen molar-refractivity contribution in [1.29, 1.82) is 0 Å². The van der Waals surface area contributed by atoms with Crippen molar-refractivity contribution >= 4 is 30.5 Å². The van der Waals surface area contributed by atoms with Crippen LogP contribution in [0.1, 0.15) is 23.9 Å². The minimum absolute atomic E-state index is 0.000269. The van der Waals surface area contributed by atoms with E-state index in [2.05, 4.69) is 10.4 Å². The summed E-state index contributed by atoms with van der Waals surface area (Å²) in [6.07, 6.45) is -4.60. The van der Waals surface area contributed by atoms with E-state index >= 15 is 0 Å². The van der Waals surface area contributed by atoms with E-state index in [1.54, 1.807) is 6.92 Å². The van der Waals surface area contributed by atoms with Gasteiger partial charge in [0.25, 0.3) is 0 Å². The normalized spacial score (nSPS) is 21.0. The topological polar surface area (TPSA) is 29.9 Å². The van der Waals surface area contributed by atoms with Gasteiger partial charge in [-0.1, -0.05) is 29.8 Å². The number of hydrogen-bond acceptors (Lipinski definition) is 2. The molecule has 23 heavy (non-hydrogen) atoms. The first-order chi connectivity index (χ1) is 10.6. The smallest absolute Gasteiger partial charge is 0.363 e. The fourth-order valence-corrected chi connectivity index (χ4v) is 3.05. The van der Waals surface area contributed by atoms with Gasteiger partial charge in [-0.3, -0.25) is 4.68 Å². The molecule has 1 unspecified atom stereocenters. The Labute approximate surface area is 136 Å². The first-order valence-electron chi connectivity index (χ1n) is 6.63. The second kappa shape index (κ2) is 5.05. The summed E-state index contributed by atoms with van der Waals surface area (Å²) in [6, 6.07) is 4.82. The van der Waals surface area contributed by atoms with Crippen molar-refractivity contribution in [3.05, 3.63) is 47.0 Å². The van der Waals surface area contributed by atoms with Crippen LogP contribution in [0.4, 0.5) is 17.6 Å². The molecule has 118 valence electrons. The lowest BCUT2D eigenvalue weighted by atomic mass is 9.83. The molecule has 0 fully saturated rings. The Morgan fingerprint density at radius 1 is 1.35 bits per heavy atom. The highest BCUT2D eigenvalue weighted by Crippen LogP contribution is 2.37. The molecule has 0 saturated heterocycles. The van der Waals surface area contributed by atoms with E-state index < -0.39 is 23.2 Å². The SMILES string of the molecule is [B]c1ccc(F)c(C2(C)NC(=S)Cn3nc(C(F)(F)F)cc32)c1. The van der Waals surface area contributed by atoms with Crippen LogP contribution >= 0.6 is 12.2 Å². The zero-order chi connectivity index (χ0) is 17.0. The Hall–Kier alpha value is -1.90. The summed E-state index contributed by atoms with van der Waals surface area (Å²) in [5.41, 5.74) is -1.78. The molecule has 1 N–H and O–H groups in total. The van der Waals surface area contributed by atoms with Crippen LogP contribution in [0.25, 0.3) is 0 Å². The summed E-state index contributed by atoms with van der Waals surface area (Å²) >= 11 is 5.10. The summed E-state index contributed by atoms with van der Waals surface area (Å²) < 4.78 is 54.3. The van der Waals surface area contributed by atoms with Gasteiger partial charge in [0.05, 0.1) is 17.2 Å². The van der Waals surface area contributed by atoms with Crippen LogP contribution in [-0.4, -0.2) is 22.6 Å². The van der Waals surface area contributed by atoms with Crippen LogP contribution in [0.2, 0.25) is 0 Å². The molecule has 1 atom stereocenters. The van der Waals surface area contributed by atoms with E-state index in [0.29, 0.717) is 5.46 Å². The van der Waals surface area contributed by atoms with Crippen molar-refractivity contribution in [2.45, 2.75) is 25.2 Å². The van der Waals surface area contributed by atoms with Gasteiger partial charge in [0.2, 0.25) is 0 Å². The second-order valence-electron chi connectivity index (χ2n) is 5.48. The highest BCUT2D eigenvalue weighted by molar-refractivity contribution is 7.80. The average molecular weight is 339 g/mol. The maximum Gasteiger partial charge on any atom is 0.435 e. The average Bonchev–Trinajstić information content (AvgIpc) is 2.86. The monoisotopic (exact) mass is 339 g/mol. The largest absolute Gasteiger partial charge is 0.435 e. The number of aromatic nitrogens is 2. The third-order valence-corrected chi connectivity index (χ3v) is 4.03. The number of benzene rings is 1. The van der Waals surface area contributed by atoms with E-state index in [4.69, 9.17) is 20.1 Å². The lowest BCUT2D eigenvalue weighted by molar-refractivity contribution is -0.141. The van der Waals surface area contributed by atoms with Gasteiger partial charge in [-0.25, -0.2) is 4.39 Å². The van der Waals surface area contributed by atoms with Gasteiger partial charge in [0.15, 0.2) is 5.69 Å². The van der Waals surface area contributed by atoms with E-state index in [-0.39, 0.29) is 22.8 Å². The maximum absolute atomic E-state index is 14.3. The number of thiocarbonyl (C=S) groups is 1. The number of hydrogen-bond donors (Lipinski definition) is 1. The Morgan fingerprint density at radius 2 is 2.04 bits per heavy atom. The number of alkyl halides is 3. The van der Waals surface area contributed by atoms with Crippen molar-refractivity contribution in [1.82, 2.24) is 15.1 Å². The van der Waals surface area contributed by atoms with Crippen molar-refractivity contribution in [2.24, 2.45) is 0 Å². The molecule has 0 spiro atoms. The van der Waals surface area contributed by atoms with Crippen LogP contribution in [0.15, 0.2) is 24.3 Å². The van der Waals surface area contributed by atoms with Gasteiger partial charge < -0.3 is 5.32 Å². The molecular formula is C14H10BF4N3S. The number of nitrogens with one attached hydrogen (secondary N) is 1. The Morgan fingerprint density at radius 3 is 2.70 bits per heavy atom. The predicted octanol–water partition coefficient (Wildman–Crippen LogP) is 2.03. The number of halogens is 4. The number of fused-ring (bicyclic) bond motifs is 1. The zero-order valence-corrected chi connectivity index (χ0v) is 12.7. The zero-order valence-electron chi connectivity index (χ0n) is 11.9. The van der Waals surface area contributed by atoms with Gasteiger partial charge in [0.1, 0.15) is 19.2 Å². The van der Waals surface area contributed by atoms with Gasteiger partial charge in [-0.2, -0.15) is 18.3 Å². The molecule has 0 amide bonds. The number of nitrogens with zero attached hydrogens (tertiary/aromatic N) is 2. The van der Waals surface area contributed by atoms with Crippen molar-refractivity contribution < 1.29 is 17.6 Å².